The second-order valence-corrected chi connectivity index (χ2v) is 4.49. The van der Waals surface area contributed by atoms with E-state index in [1.165, 1.54) is 19.2 Å². The van der Waals surface area contributed by atoms with Crippen LogP contribution < -0.4 is 5.32 Å². The first-order valence-corrected chi connectivity index (χ1v) is 5.90. The molecule has 0 aliphatic rings. The Hall–Kier alpha value is -1.77. The summed E-state index contributed by atoms with van der Waals surface area (Å²) in [6.45, 7) is 1.64. The summed E-state index contributed by atoms with van der Waals surface area (Å²) in [6.07, 6.45) is -4.71. The van der Waals surface area contributed by atoms with Gasteiger partial charge in [0.2, 0.25) is 5.95 Å². The Balaban J connectivity index is 2.63. The number of nitrogens with zero attached hydrogens (tertiary/aromatic N) is 3. The van der Waals surface area contributed by atoms with Gasteiger partial charge in [0.25, 0.3) is 5.82 Å². The molecule has 1 heterocycles. The van der Waals surface area contributed by atoms with Crippen molar-refractivity contribution in [2.24, 2.45) is 0 Å². The highest BCUT2D eigenvalue weighted by molar-refractivity contribution is 7.80. The number of nitrogens with one attached hydrogen (secondary N) is 1. The van der Waals surface area contributed by atoms with Crippen molar-refractivity contribution in [2.75, 3.05) is 12.4 Å². The molecule has 0 aliphatic heterocycles. The van der Waals surface area contributed by atoms with Crippen LogP contribution in [-0.2, 0) is 6.18 Å². The summed E-state index contributed by atoms with van der Waals surface area (Å²) in [4.78, 5) is 3.73. The van der Waals surface area contributed by atoms with Crippen molar-refractivity contribution in [1.29, 1.82) is 0 Å². The number of anilines is 1. The van der Waals surface area contributed by atoms with Crippen LogP contribution in [-0.4, -0.2) is 21.8 Å². The monoisotopic (exact) mass is 306 g/mol. The molecule has 20 heavy (non-hydrogen) atoms. The third kappa shape index (κ3) is 2.58. The predicted octanol–water partition coefficient (Wildman–Crippen LogP) is 3.06. The van der Waals surface area contributed by atoms with E-state index in [1.807, 2.05) is 0 Å². The molecule has 4 nitrogen and oxygen atoms in total. The van der Waals surface area contributed by atoms with Crippen molar-refractivity contribution in [3.8, 4) is 5.69 Å². The van der Waals surface area contributed by atoms with E-state index in [2.05, 4.69) is 28.0 Å². The Kier molecular flexibility index (Phi) is 3.63. The molecule has 0 amide bonds. The normalized spacial score (nSPS) is 11.8. The van der Waals surface area contributed by atoms with Gasteiger partial charge in [0.05, 0.1) is 0 Å². The number of halogens is 4. The van der Waals surface area contributed by atoms with Crippen LogP contribution >= 0.6 is 12.6 Å². The molecule has 0 spiro atoms. The molecule has 1 aromatic heterocycles. The zero-order valence-corrected chi connectivity index (χ0v) is 11.3. The van der Waals surface area contributed by atoms with Crippen LogP contribution in [0.3, 0.4) is 0 Å². The lowest BCUT2D eigenvalue weighted by Gasteiger charge is -2.08. The maximum absolute atomic E-state index is 13.9. The molecule has 0 unspecified atom stereocenters. The van der Waals surface area contributed by atoms with Gasteiger partial charge in [0, 0.05) is 11.9 Å². The lowest BCUT2D eigenvalue weighted by Crippen LogP contribution is -2.09. The maximum atomic E-state index is 13.9. The summed E-state index contributed by atoms with van der Waals surface area (Å²) in [5.74, 6) is -2.27. The van der Waals surface area contributed by atoms with Crippen LogP contribution in [0.25, 0.3) is 5.69 Å². The predicted molar refractivity (Wildman–Crippen MR) is 67.9 cm³/mol. The van der Waals surface area contributed by atoms with E-state index in [4.69, 9.17) is 0 Å². The number of thiol groups is 1. The third-order valence-electron chi connectivity index (χ3n) is 2.58. The molecule has 0 atom stereocenters. The Morgan fingerprint density at radius 2 is 1.95 bits per heavy atom. The van der Waals surface area contributed by atoms with E-state index in [1.54, 1.807) is 6.92 Å². The van der Waals surface area contributed by atoms with Crippen molar-refractivity contribution >= 4 is 18.6 Å². The quantitative estimate of drug-likeness (QED) is 0.662. The lowest BCUT2D eigenvalue weighted by atomic mass is 10.2. The Morgan fingerprint density at radius 1 is 1.30 bits per heavy atom. The molecule has 2 rings (SSSR count). The highest BCUT2D eigenvalue weighted by atomic mass is 32.1. The molecule has 108 valence electrons. The molecule has 0 fully saturated rings. The van der Waals surface area contributed by atoms with E-state index in [-0.39, 0.29) is 11.6 Å². The van der Waals surface area contributed by atoms with Crippen LogP contribution in [0.2, 0.25) is 0 Å². The lowest BCUT2D eigenvalue weighted by molar-refractivity contribution is -0.144. The molecule has 0 radical (unpaired) electrons. The molecular formula is C11H10F4N4S. The van der Waals surface area contributed by atoms with Crippen molar-refractivity contribution in [2.45, 2.75) is 18.0 Å². The van der Waals surface area contributed by atoms with Gasteiger partial charge in [-0.25, -0.2) is 4.39 Å². The zero-order chi connectivity index (χ0) is 15.1. The molecule has 0 bridgehead atoms. The average molecular weight is 306 g/mol. The van der Waals surface area contributed by atoms with Crippen LogP contribution in [0.1, 0.15) is 11.4 Å². The fourth-order valence-corrected chi connectivity index (χ4v) is 1.76. The Labute approximate surface area is 117 Å². The van der Waals surface area contributed by atoms with Crippen molar-refractivity contribution in [1.82, 2.24) is 14.8 Å². The zero-order valence-electron chi connectivity index (χ0n) is 10.5. The summed E-state index contributed by atoms with van der Waals surface area (Å²) >= 11 is 4.12. The number of hydrogen-bond donors (Lipinski definition) is 2. The number of rotatable bonds is 2. The van der Waals surface area contributed by atoms with Gasteiger partial charge < -0.3 is 5.32 Å². The maximum Gasteiger partial charge on any atom is 0.453 e. The van der Waals surface area contributed by atoms with E-state index in [0.29, 0.717) is 10.5 Å². The summed E-state index contributed by atoms with van der Waals surface area (Å²) in [7, 11) is 1.37. The van der Waals surface area contributed by atoms with E-state index >= 15 is 0 Å². The fraction of sp³-hybridized carbons (Fsp3) is 0.273. The van der Waals surface area contributed by atoms with E-state index in [0.717, 1.165) is 4.68 Å². The van der Waals surface area contributed by atoms with E-state index < -0.39 is 17.8 Å². The standard InChI is InChI=1S/C11H10F4N4S/c1-5-3-6(12)7(4-8(5)20)19-10(16-2)17-9(18-19)11(13,14)15/h3-4,20H,1-2H3,(H,16,17,18). The first-order chi connectivity index (χ1) is 9.24. The van der Waals surface area contributed by atoms with Gasteiger partial charge in [0.1, 0.15) is 11.5 Å². The molecular weight excluding hydrogens is 296 g/mol. The number of aryl methyl sites for hydroxylation is 1. The largest absolute Gasteiger partial charge is 0.453 e. The number of aromatic nitrogens is 3. The highest BCUT2D eigenvalue weighted by Crippen LogP contribution is 2.29. The van der Waals surface area contributed by atoms with Crippen molar-refractivity contribution in [3.05, 3.63) is 29.3 Å². The third-order valence-corrected chi connectivity index (χ3v) is 3.06. The SMILES string of the molecule is CNc1nc(C(F)(F)F)nn1-c1cc(S)c(C)cc1F. The van der Waals surface area contributed by atoms with Gasteiger partial charge >= 0.3 is 6.18 Å². The molecule has 2 aromatic rings. The van der Waals surface area contributed by atoms with Gasteiger partial charge in [-0.2, -0.15) is 22.8 Å². The topological polar surface area (TPSA) is 42.7 Å². The number of alkyl halides is 3. The fourth-order valence-electron chi connectivity index (χ4n) is 1.57. The van der Waals surface area contributed by atoms with E-state index in [9.17, 15) is 17.6 Å². The van der Waals surface area contributed by atoms with Crippen molar-refractivity contribution in [3.63, 3.8) is 0 Å². The molecule has 1 aromatic carbocycles. The van der Waals surface area contributed by atoms with Gasteiger partial charge in [-0.1, -0.05) is 0 Å². The Bertz CT molecular complexity index is 651. The first-order valence-electron chi connectivity index (χ1n) is 5.45. The van der Waals surface area contributed by atoms with Crippen LogP contribution in [0.15, 0.2) is 17.0 Å². The molecule has 0 aliphatic carbocycles. The first kappa shape index (κ1) is 14.6. The highest BCUT2D eigenvalue weighted by Gasteiger charge is 2.37. The summed E-state index contributed by atoms with van der Waals surface area (Å²) < 4.78 is 52.5. The molecule has 1 N–H and O–H groups in total. The van der Waals surface area contributed by atoms with Gasteiger partial charge in [-0.15, -0.1) is 17.7 Å². The number of benzene rings is 1. The summed E-state index contributed by atoms with van der Waals surface area (Å²) in [5, 5.41) is 5.74. The summed E-state index contributed by atoms with van der Waals surface area (Å²) in [6, 6.07) is 2.47. The second-order valence-electron chi connectivity index (χ2n) is 4.01. The minimum atomic E-state index is -4.71. The average Bonchev–Trinajstić information content (AvgIpc) is 2.77. The smallest absolute Gasteiger partial charge is 0.357 e. The van der Waals surface area contributed by atoms with Crippen LogP contribution in [0, 0.1) is 12.7 Å². The number of hydrogen-bond acceptors (Lipinski definition) is 4. The van der Waals surface area contributed by atoms with Gasteiger partial charge in [-0.3, -0.25) is 0 Å². The minimum absolute atomic E-state index is 0.159. The summed E-state index contributed by atoms with van der Waals surface area (Å²) in [5.41, 5.74) is 0.407. The Morgan fingerprint density at radius 3 is 2.50 bits per heavy atom. The molecule has 9 heteroatoms. The molecule has 0 saturated carbocycles. The minimum Gasteiger partial charge on any atom is -0.357 e. The molecule has 0 saturated heterocycles. The van der Waals surface area contributed by atoms with Gasteiger partial charge in [0.15, 0.2) is 0 Å². The van der Waals surface area contributed by atoms with Gasteiger partial charge in [-0.05, 0) is 24.6 Å². The van der Waals surface area contributed by atoms with Crippen LogP contribution in [0.4, 0.5) is 23.5 Å². The van der Waals surface area contributed by atoms with Crippen LogP contribution in [0.5, 0.6) is 0 Å². The second kappa shape index (κ2) is 4.97. The van der Waals surface area contributed by atoms with Crippen molar-refractivity contribution < 1.29 is 17.6 Å².